The van der Waals surface area contributed by atoms with Gasteiger partial charge in [-0.05, 0) is 17.7 Å². The number of ether oxygens (including phenoxy) is 1. The molecule has 0 aliphatic heterocycles. The highest BCUT2D eigenvalue weighted by Gasteiger charge is 2.17. The van der Waals surface area contributed by atoms with E-state index in [2.05, 4.69) is 20.5 Å². The molecule has 3 N–H and O–H groups in total. The third kappa shape index (κ3) is 3.04. The Labute approximate surface area is 108 Å². The average molecular weight is 269 g/mol. The fraction of sp³-hybridized carbons (Fsp3) is 0.273. The van der Waals surface area contributed by atoms with Crippen molar-refractivity contribution in [3.8, 4) is 5.75 Å². The largest absolute Gasteiger partial charge is 0.435 e. The smallest absolute Gasteiger partial charge is 0.387 e. The summed E-state index contributed by atoms with van der Waals surface area (Å²) in [4.78, 5) is 0. The minimum absolute atomic E-state index is 0.0721. The number of alkyl halides is 2. The topological polar surface area (TPSA) is 78.0 Å². The number of nitrogens with two attached hydrogens (primary N) is 1. The molecule has 0 spiro atoms. The van der Waals surface area contributed by atoms with Crippen LogP contribution in [0, 0.1) is 0 Å². The molecular formula is C11H13F2N5O. The summed E-state index contributed by atoms with van der Waals surface area (Å²) in [6.07, 6.45) is 1.55. The quantitative estimate of drug-likeness (QED) is 0.624. The first kappa shape index (κ1) is 13.4. The summed E-state index contributed by atoms with van der Waals surface area (Å²) >= 11 is 0. The van der Waals surface area contributed by atoms with Gasteiger partial charge < -0.3 is 4.74 Å². The van der Waals surface area contributed by atoms with Gasteiger partial charge in [0.05, 0.1) is 17.9 Å². The maximum atomic E-state index is 12.2. The molecular weight excluding hydrogens is 256 g/mol. The SMILES string of the molecule is Cn1nncc1C(NN)c1cccc(OC(F)F)c1. The lowest BCUT2D eigenvalue weighted by Crippen LogP contribution is -2.30. The van der Waals surface area contributed by atoms with Crippen molar-refractivity contribution in [3.05, 3.63) is 41.7 Å². The maximum Gasteiger partial charge on any atom is 0.387 e. The van der Waals surface area contributed by atoms with Gasteiger partial charge in [-0.2, -0.15) is 8.78 Å². The second-order valence-electron chi connectivity index (χ2n) is 3.83. The molecule has 19 heavy (non-hydrogen) atoms. The van der Waals surface area contributed by atoms with E-state index in [4.69, 9.17) is 5.84 Å². The molecule has 0 saturated heterocycles. The molecule has 0 bridgehead atoms. The fourth-order valence-corrected chi connectivity index (χ4v) is 1.78. The molecule has 0 radical (unpaired) electrons. The molecule has 8 heteroatoms. The number of hydrazine groups is 1. The highest BCUT2D eigenvalue weighted by atomic mass is 19.3. The van der Waals surface area contributed by atoms with E-state index in [0.29, 0.717) is 11.3 Å². The van der Waals surface area contributed by atoms with Gasteiger partial charge in [-0.25, -0.2) is 5.43 Å². The zero-order valence-electron chi connectivity index (χ0n) is 10.1. The molecule has 0 amide bonds. The third-order valence-electron chi connectivity index (χ3n) is 2.63. The van der Waals surface area contributed by atoms with Gasteiger partial charge in [0.25, 0.3) is 0 Å². The van der Waals surface area contributed by atoms with Crippen molar-refractivity contribution in [3.63, 3.8) is 0 Å². The first-order valence-corrected chi connectivity index (χ1v) is 5.47. The van der Waals surface area contributed by atoms with Crippen molar-refractivity contribution < 1.29 is 13.5 Å². The number of halogens is 2. The molecule has 0 aliphatic carbocycles. The first-order valence-electron chi connectivity index (χ1n) is 5.47. The van der Waals surface area contributed by atoms with Crippen molar-refractivity contribution in [1.82, 2.24) is 20.4 Å². The lowest BCUT2D eigenvalue weighted by molar-refractivity contribution is -0.0498. The van der Waals surface area contributed by atoms with Crippen LogP contribution in [0.25, 0.3) is 0 Å². The molecule has 1 heterocycles. The van der Waals surface area contributed by atoms with Gasteiger partial charge in [0.15, 0.2) is 0 Å². The number of aryl methyl sites for hydroxylation is 1. The van der Waals surface area contributed by atoms with Crippen LogP contribution in [0.5, 0.6) is 5.75 Å². The molecule has 2 aromatic rings. The Morgan fingerprint density at radius 2 is 2.21 bits per heavy atom. The average Bonchev–Trinajstić information content (AvgIpc) is 2.77. The molecule has 2 rings (SSSR count). The molecule has 1 aromatic heterocycles. The van der Waals surface area contributed by atoms with E-state index in [1.807, 2.05) is 0 Å². The summed E-state index contributed by atoms with van der Waals surface area (Å²) in [5, 5.41) is 7.55. The van der Waals surface area contributed by atoms with Gasteiger partial charge in [0.2, 0.25) is 0 Å². The molecule has 0 fully saturated rings. The number of rotatable bonds is 5. The van der Waals surface area contributed by atoms with Crippen molar-refractivity contribution in [2.45, 2.75) is 12.7 Å². The van der Waals surface area contributed by atoms with E-state index >= 15 is 0 Å². The predicted molar refractivity (Wildman–Crippen MR) is 63.2 cm³/mol. The second-order valence-corrected chi connectivity index (χ2v) is 3.83. The number of nitrogens with one attached hydrogen (secondary N) is 1. The summed E-state index contributed by atoms with van der Waals surface area (Å²) in [5.41, 5.74) is 3.98. The molecule has 6 nitrogen and oxygen atoms in total. The van der Waals surface area contributed by atoms with E-state index in [9.17, 15) is 8.78 Å². The highest BCUT2D eigenvalue weighted by Crippen LogP contribution is 2.24. The Hall–Kier alpha value is -2.06. The zero-order valence-corrected chi connectivity index (χ0v) is 10.1. The Morgan fingerprint density at radius 3 is 2.79 bits per heavy atom. The van der Waals surface area contributed by atoms with Crippen LogP contribution in [0.2, 0.25) is 0 Å². The Balaban J connectivity index is 2.31. The molecule has 0 aliphatic rings. The Kier molecular flexibility index (Phi) is 4.03. The van der Waals surface area contributed by atoms with Crippen LogP contribution in [-0.2, 0) is 7.05 Å². The number of aromatic nitrogens is 3. The molecule has 1 aromatic carbocycles. The van der Waals surface area contributed by atoms with E-state index in [1.165, 1.54) is 12.1 Å². The van der Waals surface area contributed by atoms with Crippen LogP contribution in [-0.4, -0.2) is 21.6 Å². The van der Waals surface area contributed by atoms with E-state index in [1.54, 1.807) is 30.1 Å². The van der Waals surface area contributed by atoms with Crippen molar-refractivity contribution in [2.24, 2.45) is 12.9 Å². The van der Waals surface area contributed by atoms with Crippen LogP contribution in [0.4, 0.5) is 8.78 Å². The summed E-state index contributed by atoms with van der Waals surface area (Å²) in [7, 11) is 1.71. The summed E-state index contributed by atoms with van der Waals surface area (Å²) in [6.45, 7) is -2.86. The van der Waals surface area contributed by atoms with Gasteiger partial charge in [-0.1, -0.05) is 17.3 Å². The van der Waals surface area contributed by atoms with E-state index in [0.717, 1.165) is 0 Å². The Morgan fingerprint density at radius 1 is 1.42 bits per heavy atom. The van der Waals surface area contributed by atoms with Gasteiger partial charge in [0.1, 0.15) is 5.75 Å². The van der Waals surface area contributed by atoms with Gasteiger partial charge in [-0.3, -0.25) is 10.5 Å². The van der Waals surface area contributed by atoms with Gasteiger partial charge >= 0.3 is 6.61 Å². The second kappa shape index (κ2) is 5.72. The minimum atomic E-state index is -2.86. The lowest BCUT2D eigenvalue weighted by atomic mass is 10.0. The molecule has 102 valence electrons. The van der Waals surface area contributed by atoms with Crippen LogP contribution in [0.1, 0.15) is 17.3 Å². The minimum Gasteiger partial charge on any atom is -0.435 e. The summed E-state index contributed by atoms with van der Waals surface area (Å²) < 4.78 is 30.3. The maximum absolute atomic E-state index is 12.2. The third-order valence-corrected chi connectivity index (χ3v) is 2.63. The number of benzene rings is 1. The summed E-state index contributed by atoms with van der Waals surface area (Å²) in [6, 6.07) is 5.88. The normalized spacial score (nSPS) is 12.7. The van der Waals surface area contributed by atoms with Crippen LogP contribution < -0.4 is 16.0 Å². The van der Waals surface area contributed by atoms with Gasteiger partial charge in [-0.15, -0.1) is 5.10 Å². The standard InChI is InChI=1S/C11H13F2N5O/c1-18-9(6-15-17-18)10(16-14)7-3-2-4-8(5-7)19-11(12)13/h2-6,10-11,16H,14H2,1H3. The van der Waals surface area contributed by atoms with E-state index in [-0.39, 0.29) is 5.75 Å². The predicted octanol–water partition coefficient (Wildman–Crippen LogP) is 0.969. The number of hydrogen-bond donors (Lipinski definition) is 2. The Bertz CT molecular complexity index is 545. The zero-order chi connectivity index (χ0) is 13.8. The molecule has 1 atom stereocenters. The molecule has 1 unspecified atom stereocenters. The highest BCUT2D eigenvalue weighted by molar-refractivity contribution is 5.34. The first-order chi connectivity index (χ1) is 9.11. The van der Waals surface area contributed by atoms with Gasteiger partial charge in [0, 0.05) is 7.05 Å². The van der Waals surface area contributed by atoms with Crippen molar-refractivity contribution in [1.29, 1.82) is 0 Å². The number of nitrogens with zero attached hydrogens (tertiary/aromatic N) is 3. The van der Waals surface area contributed by atoms with Crippen molar-refractivity contribution in [2.75, 3.05) is 0 Å². The van der Waals surface area contributed by atoms with E-state index < -0.39 is 12.7 Å². The monoisotopic (exact) mass is 269 g/mol. The molecule has 0 saturated carbocycles. The van der Waals surface area contributed by atoms with Crippen LogP contribution in [0.15, 0.2) is 30.5 Å². The van der Waals surface area contributed by atoms with Crippen molar-refractivity contribution >= 4 is 0 Å². The summed E-state index contributed by atoms with van der Waals surface area (Å²) in [5.74, 6) is 5.58. The van der Waals surface area contributed by atoms with Crippen LogP contribution >= 0.6 is 0 Å². The number of hydrogen-bond acceptors (Lipinski definition) is 5. The fourth-order valence-electron chi connectivity index (χ4n) is 1.78. The lowest BCUT2D eigenvalue weighted by Gasteiger charge is -2.16. The van der Waals surface area contributed by atoms with Crippen LogP contribution in [0.3, 0.4) is 0 Å².